The van der Waals surface area contributed by atoms with E-state index in [9.17, 15) is 0 Å². The zero-order chi connectivity index (χ0) is 11.9. The van der Waals surface area contributed by atoms with E-state index in [0.29, 0.717) is 19.3 Å². The Morgan fingerprint density at radius 2 is 2.29 bits per heavy atom. The summed E-state index contributed by atoms with van der Waals surface area (Å²) in [6.07, 6.45) is 4.38. The molecule has 1 N–H and O–H groups in total. The van der Waals surface area contributed by atoms with E-state index in [1.165, 1.54) is 12.8 Å². The van der Waals surface area contributed by atoms with Gasteiger partial charge in [0.05, 0.1) is 12.3 Å². The van der Waals surface area contributed by atoms with Gasteiger partial charge in [-0.15, -0.1) is 0 Å². The van der Waals surface area contributed by atoms with Crippen LogP contribution >= 0.6 is 0 Å². The Balaban J connectivity index is 1.74. The Hall–Kier alpha value is -1.13. The highest BCUT2D eigenvalue weighted by Gasteiger charge is 2.20. The molecule has 0 saturated heterocycles. The summed E-state index contributed by atoms with van der Waals surface area (Å²) in [6.45, 7) is 4.76. The molecule has 1 aliphatic rings. The van der Waals surface area contributed by atoms with E-state index in [0.717, 1.165) is 24.6 Å². The molecule has 17 heavy (non-hydrogen) atoms. The third-order valence-electron chi connectivity index (χ3n) is 2.64. The molecule has 1 aromatic heterocycles. The van der Waals surface area contributed by atoms with Gasteiger partial charge in [-0.1, -0.05) is 0 Å². The maximum Gasteiger partial charge on any atom is 0.122 e. The summed E-state index contributed by atoms with van der Waals surface area (Å²) in [5, 5.41) is 3.43. The minimum Gasteiger partial charge on any atom is -0.491 e. The normalized spacial score (nSPS) is 14.9. The van der Waals surface area contributed by atoms with Crippen LogP contribution in [0.2, 0.25) is 0 Å². The Kier molecular flexibility index (Phi) is 4.76. The minimum absolute atomic E-state index is 0.591. The second kappa shape index (κ2) is 6.57. The molecule has 0 bridgehead atoms. The molecular formula is C13H20N2O2. The molecule has 0 spiro atoms. The maximum absolute atomic E-state index is 5.58. The summed E-state index contributed by atoms with van der Waals surface area (Å²) in [5.74, 6) is 0.868. The molecule has 0 unspecified atom stereocenters. The second-order valence-electron chi connectivity index (χ2n) is 4.18. The van der Waals surface area contributed by atoms with Crippen molar-refractivity contribution >= 4 is 0 Å². The van der Waals surface area contributed by atoms with E-state index >= 15 is 0 Å². The lowest BCUT2D eigenvalue weighted by Crippen LogP contribution is -2.16. The molecule has 0 aromatic carbocycles. The summed E-state index contributed by atoms with van der Waals surface area (Å²) in [5.41, 5.74) is 1.03. The van der Waals surface area contributed by atoms with Crippen LogP contribution in [0.3, 0.4) is 0 Å². The summed E-state index contributed by atoms with van der Waals surface area (Å²) < 4.78 is 10.8. The Morgan fingerprint density at radius 1 is 1.41 bits per heavy atom. The topological polar surface area (TPSA) is 43.4 Å². The second-order valence-corrected chi connectivity index (χ2v) is 4.18. The molecule has 4 nitrogen and oxygen atoms in total. The summed E-state index contributed by atoms with van der Waals surface area (Å²) >= 11 is 0. The first-order valence-corrected chi connectivity index (χ1v) is 6.27. The lowest BCUT2D eigenvalue weighted by Gasteiger charge is -2.08. The SMILES string of the molecule is CCOCCOc1ccnc(CNC2CC2)c1. The van der Waals surface area contributed by atoms with Gasteiger partial charge in [0.25, 0.3) is 0 Å². The molecule has 0 amide bonds. The number of ether oxygens (including phenoxy) is 2. The van der Waals surface area contributed by atoms with E-state index in [4.69, 9.17) is 9.47 Å². The molecular weight excluding hydrogens is 216 g/mol. The largest absolute Gasteiger partial charge is 0.491 e. The first kappa shape index (κ1) is 12.3. The molecule has 1 saturated carbocycles. The maximum atomic E-state index is 5.58. The predicted molar refractivity (Wildman–Crippen MR) is 66.1 cm³/mol. The highest BCUT2D eigenvalue weighted by molar-refractivity contribution is 5.22. The zero-order valence-corrected chi connectivity index (χ0v) is 10.3. The smallest absolute Gasteiger partial charge is 0.122 e. The molecule has 0 radical (unpaired) electrons. The first-order chi connectivity index (χ1) is 8.38. The molecule has 2 rings (SSSR count). The molecule has 0 atom stereocenters. The van der Waals surface area contributed by atoms with Gasteiger partial charge < -0.3 is 14.8 Å². The van der Waals surface area contributed by atoms with Crippen molar-refractivity contribution in [3.05, 3.63) is 24.0 Å². The third-order valence-corrected chi connectivity index (χ3v) is 2.64. The Labute approximate surface area is 102 Å². The molecule has 4 heteroatoms. The fraction of sp³-hybridized carbons (Fsp3) is 0.615. The average Bonchev–Trinajstić information content (AvgIpc) is 3.17. The van der Waals surface area contributed by atoms with E-state index in [-0.39, 0.29) is 0 Å². The van der Waals surface area contributed by atoms with Crippen molar-refractivity contribution < 1.29 is 9.47 Å². The van der Waals surface area contributed by atoms with E-state index in [1.807, 2.05) is 19.1 Å². The average molecular weight is 236 g/mol. The van der Waals surface area contributed by atoms with Crippen molar-refractivity contribution in [1.82, 2.24) is 10.3 Å². The predicted octanol–water partition coefficient (Wildman–Crippen LogP) is 1.75. The Bertz CT molecular complexity index is 340. The van der Waals surface area contributed by atoms with Crippen molar-refractivity contribution in [2.45, 2.75) is 32.4 Å². The van der Waals surface area contributed by atoms with Crippen LogP contribution in [0, 0.1) is 0 Å². The number of hydrogen-bond donors (Lipinski definition) is 1. The van der Waals surface area contributed by atoms with Crippen molar-refractivity contribution in [2.75, 3.05) is 19.8 Å². The monoisotopic (exact) mass is 236 g/mol. The number of aromatic nitrogens is 1. The first-order valence-electron chi connectivity index (χ1n) is 6.27. The molecule has 1 aliphatic carbocycles. The fourth-order valence-electron chi connectivity index (χ4n) is 1.54. The lowest BCUT2D eigenvalue weighted by molar-refractivity contribution is 0.110. The van der Waals surface area contributed by atoms with Crippen LogP contribution in [-0.2, 0) is 11.3 Å². The van der Waals surface area contributed by atoms with Gasteiger partial charge in [0.15, 0.2) is 0 Å². The van der Waals surface area contributed by atoms with Crippen molar-refractivity contribution in [1.29, 1.82) is 0 Å². The van der Waals surface area contributed by atoms with Crippen LogP contribution in [0.15, 0.2) is 18.3 Å². The van der Waals surface area contributed by atoms with E-state index < -0.39 is 0 Å². The van der Waals surface area contributed by atoms with Crippen LogP contribution in [0.5, 0.6) is 5.75 Å². The number of nitrogens with zero attached hydrogens (tertiary/aromatic N) is 1. The summed E-state index contributed by atoms with van der Waals surface area (Å²) in [4.78, 5) is 4.31. The molecule has 1 aromatic rings. The number of rotatable bonds is 8. The van der Waals surface area contributed by atoms with Crippen LogP contribution in [-0.4, -0.2) is 30.8 Å². The molecule has 1 heterocycles. The fourth-order valence-corrected chi connectivity index (χ4v) is 1.54. The van der Waals surface area contributed by atoms with Gasteiger partial charge in [-0.25, -0.2) is 0 Å². The van der Waals surface area contributed by atoms with Gasteiger partial charge in [-0.2, -0.15) is 0 Å². The molecule has 0 aliphatic heterocycles. The number of nitrogens with one attached hydrogen (secondary N) is 1. The van der Waals surface area contributed by atoms with E-state index in [1.54, 1.807) is 6.20 Å². The third kappa shape index (κ3) is 4.71. The van der Waals surface area contributed by atoms with Crippen molar-refractivity contribution in [3.8, 4) is 5.75 Å². The van der Waals surface area contributed by atoms with Crippen LogP contribution in [0.1, 0.15) is 25.5 Å². The van der Waals surface area contributed by atoms with Crippen LogP contribution in [0.25, 0.3) is 0 Å². The van der Waals surface area contributed by atoms with Gasteiger partial charge >= 0.3 is 0 Å². The minimum atomic E-state index is 0.591. The van der Waals surface area contributed by atoms with Gasteiger partial charge in [0, 0.05) is 31.5 Å². The highest BCUT2D eigenvalue weighted by atomic mass is 16.5. The summed E-state index contributed by atoms with van der Waals surface area (Å²) in [7, 11) is 0. The van der Waals surface area contributed by atoms with Gasteiger partial charge in [-0.3, -0.25) is 4.98 Å². The van der Waals surface area contributed by atoms with Crippen molar-refractivity contribution in [3.63, 3.8) is 0 Å². The number of pyridine rings is 1. The molecule has 94 valence electrons. The van der Waals surface area contributed by atoms with Gasteiger partial charge in [-0.05, 0) is 25.8 Å². The lowest BCUT2D eigenvalue weighted by atomic mass is 10.3. The Morgan fingerprint density at radius 3 is 3.06 bits per heavy atom. The highest BCUT2D eigenvalue weighted by Crippen LogP contribution is 2.19. The summed E-state index contributed by atoms with van der Waals surface area (Å²) in [6, 6.07) is 4.58. The standard InChI is InChI=1S/C13H20N2O2/c1-2-16-7-8-17-13-5-6-14-12(9-13)10-15-11-3-4-11/h5-6,9,11,15H,2-4,7-8,10H2,1H3. The number of hydrogen-bond acceptors (Lipinski definition) is 4. The van der Waals surface area contributed by atoms with Crippen LogP contribution < -0.4 is 10.1 Å². The quantitative estimate of drug-likeness (QED) is 0.698. The zero-order valence-electron chi connectivity index (χ0n) is 10.3. The molecule has 1 fully saturated rings. The van der Waals surface area contributed by atoms with Gasteiger partial charge in [0.1, 0.15) is 12.4 Å². The van der Waals surface area contributed by atoms with E-state index in [2.05, 4.69) is 10.3 Å². The van der Waals surface area contributed by atoms with Gasteiger partial charge in [0.2, 0.25) is 0 Å². The van der Waals surface area contributed by atoms with Crippen molar-refractivity contribution in [2.24, 2.45) is 0 Å². The van der Waals surface area contributed by atoms with Crippen LogP contribution in [0.4, 0.5) is 0 Å².